The topological polar surface area (TPSA) is 84.3 Å². The van der Waals surface area contributed by atoms with Gasteiger partial charge in [-0.1, -0.05) is 6.07 Å². The van der Waals surface area contributed by atoms with Crippen molar-refractivity contribution in [3.8, 4) is 0 Å². The van der Waals surface area contributed by atoms with Crippen molar-refractivity contribution in [3.63, 3.8) is 0 Å². The Labute approximate surface area is 85.8 Å². The normalized spacial score (nSPS) is 11.8. The Hall–Kier alpha value is -2.04. The molecule has 0 spiro atoms. The summed E-state index contributed by atoms with van der Waals surface area (Å²) in [7, 11) is 0. The predicted molar refractivity (Wildman–Crippen MR) is 50.4 cm³/mol. The number of ketones is 2. The SMILES string of the molecule is CC(C(=O)C(=O)O)C(=O)c1ccccn1. The smallest absolute Gasteiger partial charge is 0.372 e. The number of carboxylic acids is 1. The zero-order chi connectivity index (χ0) is 11.4. The highest BCUT2D eigenvalue weighted by Crippen LogP contribution is 2.07. The molecule has 1 atom stereocenters. The van der Waals surface area contributed by atoms with Crippen molar-refractivity contribution in [1.82, 2.24) is 4.98 Å². The van der Waals surface area contributed by atoms with Crippen molar-refractivity contribution in [2.45, 2.75) is 6.92 Å². The van der Waals surface area contributed by atoms with Crippen LogP contribution in [-0.2, 0) is 9.59 Å². The van der Waals surface area contributed by atoms with Gasteiger partial charge in [0.1, 0.15) is 5.69 Å². The lowest BCUT2D eigenvalue weighted by Gasteiger charge is -2.04. The Morgan fingerprint density at radius 1 is 1.33 bits per heavy atom. The summed E-state index contributed by atoms with van der Waals surface area (Å²) < 4.78 is 0. The average molecular weight is 207 g/mol. The van der Waals surface area contributed by atoms with Crippen LogP contribution < -0.4 is 0 Å². The van der Waals surface area contributed by atoms with Crippen LogP contribution in [0.4, 0.5) is 0 Å². The first-order chi connectivity index (χ1) is 7.04. The number of carbonyl (C=O) groups is 3. The van der Waals surface area contributed by atoms with Crippen LogP contribution in [0.3, 0.4) is 0 Å². The van der Waals surface area contributed by atoms with E-state index in [0.717, 1.165) is 0 Å². The first-order valence-electron chi connectivity index (χ1n) is 4.26. The van der Waals surface area contributed by atoms with Gasteiger partial charge in [0, 0.05) is 6.20 Å². The van der Waals surface area contributed by atoms with E-state index in [1.165, 1.54) is 19.2 Å². The fourth-order valence-electron chi connectivity index (χ4n) is 1.03. The second-order valence-corrected chi connectivity index (χ2v) is 2.97. The van der Waals surface area contributed by atoms with Crippen molar-refractivity contribution in [2.75, 3.05) is 0 Å². The largest absolute Gasteiger partial charge is 0.475 e. The molecule has 0 aliphatic carbocycles. The van der Waals surface area contributed by atoms with Crippen LogP contribution in [0.1, 0.15) is 17.4 Å². The lowest BCUT2D eigenvalue weighted by Crippen LogP contribution is -2.28. The minimum Gasteiger partial charge on any atom is -0.475 e. The monoisotopic (exact) mass is 207 g/mol. The summed E-state index contributed by atoms with van der Waals surface area (Å²) >= 11 is 0. The van der Waals surface area contributed by atoms with Crippen LogP contribution in [0.25, 0.3) is 0 Å². The number of aliphatic carboxylic acids is 1. The maximum Gasteiger partial charge on any atom is 0.372 e. The summed E-state index contributed by atoms with van der Waals surface area (Å²) in [6.45, 7) is 1.26. The van der Waals surface area contributed by atoms with Crippen LogP contribution in [0, 0.1) is 5.92 Å². The fourth-order valence-corrected chi connectivity index (χ4v) is 1.03. The number of aromatic nitrogens is 1. The van der Waals surface area contributed by atoms with Gasteiger partial charge in [0.15, 0.2) is 5.78 Å². The van der Waals surface area contributed by atoms with Crippen molar-refractivity contribution >= 4 is 17.5 Å². The average Bonchev–Trinajstić information content (AvgIpc) is 2.27. The number of rotatable bonds is 4. The summed E-state index contributed by atoms with van der Waals surface area (Å²) in [5.41, 5.74) is 0.0969. The first kappa shape index (κ1) is 11.0. The number of hydrogen-bond acceptors (Lipinski definition) is 4. The molecule has 1 rings (SSSR count). The molecule has 0 aliphatic heterocycles. The van der Waals surface area contributed by atoms with E-state index >= 15 is 0 Å². The summed E-state index contributed by atoms with van der Waals surface area (Å²) in [5, 5.41) is 8.43. The van der Waals surface area contributed by atoms with E-state index in [1.54, 1.807) is 12.1 Å². The number of Topliss-reactive ketones (excluding diaryl/α,β-unsaturated/α-hetero) is 2. The van der Waals surface area contributed by atoms with Crippen LogP contribution in [0.2, 0.25) is 0 Å². The Kier molecular flexibility index (Phi) is 3.28. The molecule has 0 amide bonds. The lowest BCUT2D eigenvalue weighted by molar-refractivity contribution is -0.150. The number of hydrogen-bond donors (Lipinski definition) is 1. The highest BCUT2D eigenvalue weighted by Gasteiger charge is 2.28. The van der Waals surface area contributed by atoms with E-state index in [4.69, 9.17) is 5.11 Å². The molecular formula is C10H9NO4. The van der Waals surface area contributed by atoms with E-state index in [0.29, 0.717) is 0 Å². The molecule has 0 aromatic carbocycles. The Balaban J connectivity index is 2.87. The van der Waals surface area contributed by atoms with E-state index in [-0.39, 0.29) is 5.69 Å². The quantitative estimate of drug-likeness (QED) is 0.443. The van der Waals surface area contributed by atoms with E-state index in [9.17, 15) is 14.4 Å². The van der Waals surface area contributed by atoms with E-state index < -0.39 is 23.5 Å². The number of nitrogens with zero attached hydrogens (tertiary/aromatic N) is 1. The molecule has 0 aliphatic rings. The molecule has 15 heavy (non-hydrogen) atoms. The second kappa shape index (κ2) is 4.45. The van der Waals surface area contributed by atoms with Gasteiger partial charge in [-0.25, -0.2) is 4.79 Å². The minimum absolute atomic E-state index is 0.0969. The van der Waals surface area contributed by atoms with Crippen LogP contribution in [-0.4, -0.2) is 27.6 Å². The zero-order valence-electron chi connectivity index (χ0n) is 8.01. The molecule has 1 unspecified atom stereocenters. The first-order valence-corrected chi connectivity index (χ1v) is 4.26. The second-order valence-electron chi connectivity index (χ2n) is 2.97. The summed E-state index contributed by atoms with van der Waals surface area (Å²) in [6.07, 6.45) is 1.41. The standard InChI is InChI=1S/C10H9NO4/c1-6(9(13)10(14)15)8(12)7-4-2-3-5-11-7/h2-6H,1H3,(H,14,15). The van der Waals surface area contributed by atoms with Gasteiger partial charge in [-0.2, -0.15) is 0 Å². The highest BCUT2D eigenvalue weighted by molar-refractivity contribution is 6.38. The van der Waals surface area contributed by atoms with E-state index in [1.807, 2.05) is 0 Å². The summed E-state index contributed by atoms with van der Waals surface area (Å²) in [5.74, 6) is -4.50. The van der Waals surface area contributed by atoms with Gasteiger partial charge in [0.2, 0.25) is 5.78 Å². The van der Waals surface area contributed by atoms with Crippen molar-refractivity contribution < 1.29 is 19.5 Å². The van der Waals surface area contributed by atoms with Gasteiger partial charge in [-0.15, -0.1) is 0 Å². The third kappa shape index (κ3) is 2.46. The Bertz CT molecular complexity index is 399. The van der Waals surface area contributed by atoms with Crippen LogP contribution in [0.15, 0.2) is 24.4 Å². The third-order valence-electron chi connectivity index (χ3n) is 1.91. The summed E-state index contributed by atoms with van der Waals surface area (Å²) in [6, 6.07) is 4.66. The van der Waals surface area contributed by atoms with Gasteiger partial charge in [-0.05, 0) is 19.1 Å². The van der Waals surface area contributed by atoms with Gasteiger partial charge >= 0.3 is 5.97 Å². The van der Waals surface area contributed by atoms with Crippen molar-refractivity contribution in [3.05, 3.63) is 30.1 Å². The van der Waals surface area contributed by atoms with Gasteiger partial charge < -0.3 is 5.11 Å². The molecule has 78 valence electrons. The molecule has 1 aromatic heterocycles. The molecule has 0 fully saturated rings. The van der Waals surface area contributed by atoms with Crippen LogP contribution in [0.5, 0.6) is 0 Å². The lowest BCUT2D eigenvalue weighted by atomic mass is 9.99. The molecule has 0 bridgehead atoms. The van der Waals surface area contributed by atoms with E-state index in [2.05, 4.69) is 4.98 Å². The predicted octanol–water partition coefficient (Wildman–Crippen LogP) is 0.554. The maximum atomic E-state index is 11.5. The molecule has 1 heterocycles. The molecule has 1 N–H and O–H groups in total. The highest BCUT2D eigenvalue weighted by atomic mass is 16.4. The fraction of sp³-hybridized carbons (Fsp3) is 0.200. The third-order valence-corrected chi connectivity index (χ3v) is 1.91. The molecule has 0 saturated carbocycles. The number of carboxylic acid groups (broad SMARTS) is 1. The number of carbonyl (C=O) groups excluding carboxylic acids is 2. The molecule has 1 aromatic rings. The maximum absolute atomic E-state index is 11.5. The molecule has 5 heteroatoms. The molecule has 0 saturated heterocycles. The van der Waals surface area contributed by atoms with Gasteiger partial charge in [0.25, 0.3) is 0 Å². The zero-order valence-corrected chi connectivity index (χ0v) is 8.01. The van der Waals surface area contributed by atoms with Crippen LogP contribution >= 0.6 is 0 Å². The van der Waals surface area contributed by atoms with Gasteiger partial charge in [0.05, 0.1) is 5.92 Å². The Morgan fingerprint density at radius 3 is 2.47 bits per heavy atom. The van der Waals surface area contributed by atoms with Gasteiger partial charge in [-0.3, -0.25) is 14.6 Å². The minimum atomic E-state index is -1.60. The van der Waals surface area contributed by atoms with Crippen molar-refractivity contribution in [2.24, 2.45) is 5.92 Å². The molecular weight excluding hydrogens is 198 g/mol. The number of pyridine rings is 1. The van der Waals surface area contributed by atoms with Crippen molar-refractivity contribution in [1.29, 1.82) is 0 Å². The molecule has 0 radical (unpaired) electrons. The Morgan fingerprint density at radius 2 is 2.00 bits per heavy atom. The molecule has 5 nitrogen and oxygen atoms in total. The summed E-state index contributed by atoms with van der Waals surface area (Å²) in [4.78, 5) is 36.7.